The fourth-order valence-corrected chi connectivity index (χ4v) is 3.74. The normalized spacial score (nSPS) is 28.5. The molecular weight excluding hydrogens is 268 g/mol. The van der Waals surface area contributed by atoms with E-state index in [1.54, 1.807) is 18.3 Å². The van der Waals surface area contributed by atoms with Crippen LogP contribution in [0.4, 0.5) is 0 Å². The maximum absolute atomic E-state index is 12.1. The number of carbonyl (C=O) groups excluding carboxylic acids is 2. The van der Waals surface area contributed by atoms with Gasteiger partial charge in [0.1, 0.15) is 5.69 Å². The number of fused-ring (bicyclic) bond motifs is 1. The number of aromatic amines is 1. The van der Waals surface area contributed by atoms with Crippen molar-refractivity contribution in [2.24, 2.45) is 11.8 Å². The van der Waals surface area contributed by atoms with Crippen molar-refractivity contribution >= 4 is 11.8 Å². The van der Waals surface area contributed by atoms with Crippen LogP contribution >= 0.6 is 0 Å². The van der Waals surface area contributed by atoms with Gasteiger partial charge in [-0.3, -0.25) is 19.8 Å². The van der Waals surface area contributed by atoms with Crippen LogP contribution in [-0.2, 0) is 4.79 Å². The van der Waals surface area contributed by atoms with E-state index in [9.17, 15) is 9.59 Å². The summed E-state index contributed by atoms with van der Waals surface area (Å²) < 4.78 is 0. The molecule has 0 saturated carbocycles. The number of rotatable bonds is 4. The Labute approximate surface area is 124 Å². The zero-order valence-corrected chi connectivity index (χ0v) is 12.3. The molecule has 3 rings (SSSR count). The van der Waals surface area contributed by atoms with Gasteiger partial charge in [-0.05, 0) is 43.5 Å². The smallest absolute Gasteiger partial charge is 0.274 e. The maximum Gasteiger partial charge on any atom is 0.274 e. The van der Waals surface area contributed by atoms with Crippen LogP contribution in [0.2, 0.25) is 0 Å². The van der Waals surface area contributed by atoms with E-state index in [2.05, 4.69) is 27.4 Å². The van der Waals surface area contributed by atoms with Crippen molar-refractivity contribution in [2.45, 2.75) is 19.4 Å². The summed E-state index contributed by atoms with van der Waals surface area (Å²) in [5.41, 5.74) is 0.415. The first-order valence-corrected chi connectivity index (χ1v) is 7.61. The van der Waals surface area contributed by atoms with Crippen LogP contribution in [0.15, 0.2) is 18.3 Å². The van der Waals surface area contributed by atoms with E-state index < -0.39 is 0 Å². The average Bonchev–Trinajstić information content (AvgIpc) is 3.14. The summed E-state index contributed by atoms with van der Waals surface area (Å²) in [6, 6.07) is 3.83. The second kappa shape index (κ2) is 5.99. The number of carbonyl (C=O) groups is 2. The van der Waals surface area contributed by atoms with Crippen molar-refractivity contribution in [3.63, 3.8) is 0 Å². The Hall–Kier alpha value is -1.66. The summed E-state index contributed by atoms with van der Waals surface area (Å²) in [5.74, 6) is 0.698. The minimum atomic E-state index is -0.362. The molecule has 6 nitrogen and oxygen atoms in total. The summed E-state index contributed by atoms with van der Waals surface area (Å²) in [7, 11) is 0. The van der Waals surface area contributed by atoms with Gasteiger partial charge in [0, 0.05) is 18.8 Å². The zero-order valence-electron chi connectivity index (χ0n) is 12.3. The first-order valence-electron chi connectivity index (χ1n) is 7.61. The molecule has 2 aliphatic rings. The molecule has 6 heteroatoms. The van der Waals surface area contributed by atoms with Crippen LogP contribution in [0.1, 0.15) is 23.8 Å². The van der Waals surface area contributed by atoms with Crippen LogP contribution in [0.25, 0.3) is 0 Å². The van der Waals surface area contributed by atoms with E-state index in [4.69, 9.17) is 0 Å². The number of likely N-dealkylation sites (tertiary alicyclic amines) is 1. The lowest BCUT2D eigenvalue weighted by Gasteiger charge is -2.25. The Bertz CT molecular complexity index is 514. The van der Waals surface area contributed by atoms with Gasteiger partial charge in [-0.15, -0.1) is 0 Å². The second-order valence-corrected chi connectivity index (χ2v) is 5.95. The van der Waals surface area contributed by atoms with E-state index in [1.807, 2.05) is 0 Å². The Morgan fingerprint density at radius 3 is 3.00 bits per heavy atom. The molecule has 2 amide bonds. The SMILES string of the molecule is CCC1C2CNCC2CN1CC(=O)NC(=O)c1ccc[nH]1. The van der Waals surface area contributed by atoms with Gasteiger partial charge in [0.2, 0.25) is 5.91 Å². The quantitative estimate of drug-likeness (QED) is 0.740. The number of hydrogen-bond donors (Lipinski definition) is 3. The number of nitrogens with zero attached hydrogens (tertiary/aromatic N) is 1. The molecule has 2 aliphatic heterocycles. The Morgan fingerprint density at radius 2 is 2.29 bits per heavy atom. The molecule has 3 N–H and O–H groups in total. The fraction of sp³-hybridized carbons (Fsp3) is 0.600. The monoisotopic (exact) mass is 290 g/mol. The lowest BCUT2D eigenvalue weighted by atomic mass is 9.93. The van der Waals surface area contributed by atoms with Crippen molar-refractivity contribution in [2.75, 3.05) is 26.2 Å². The van der Waals surface area contributed by atoms with Crippen LogP contribution in [0, 0.1) is 11.8 Å². The van der Waals surface area contributed by atoms with Gasteiger partial charge >= 0.3 is 0 Å². The van der Waals surface area contributed by atoms with Gasteiger partial charge in [-0.2, -0.15) is 0 Å². The van der Waals surface area contributed by atoms with Crippen LogP contribution in [-0.4, -0.2) is 53.9 Å². The van der Waals surface area contributed by atoms with E-state index in [-0.39, 0.29) is 11.8 Å². The zero-order chi connectivity index (χ0) is 14.8. The number of aromatic nitrogens is 1. The minimum Gasteiger partial charge on any atom is -0.357 e. The molecule has 0 aromatic carbocycles. The molecule has 114 valence electrons. The van der Waals surface area contributed by atoms with Crippen molar-refractivity contribution < 1.29 is 9.59 Å². The van der Waals surface area contributed by atoms with Crippen LogP contribution < -0.4 is 10.6 Å². The molecule has 3 atom stereocenters. The van der Waals surface area contributed by atoms with Gasteiger partial charge in [0.25, 0.3) is 5.91 Å². The molecule has 1 aromatic heterocycles. The van der Waals surface area contributed by atoms with Gasteiger partial charge in [-0.1, -0.05) is 6.92 Å². The first kappa shape index (κ1) is 14.3. The number of imide groups is 1. The molecule has 3 heterocycles. The van der Waals surface area contributed by atoms with E-state index in [0.29, 0.717) is 30.1 Å². The van der Waals surface area contributed by atoms with Crippen molar-refractivity contribution in [1.82, 2.24) is 20.5 Å². The summed E-state index contributed by atoms with van der Waals surface area (Å²) in [6.07, 6.45) is 2.71. The maximum atomic E-state index is 12.1. The van der Waals surface area contributed by atoms with Gasteiger partial charge in [0.15, 0.2) is 0 Å². The summed E-state index contributed by atoms with van der Waals surface area (Å²) in [6.45, 7) is 5.50. The standard InChI is InChI=1S/C15H22N4O2/c1-2-13-11-7-16-6-10(11)8-19(13)9-14(20)18-15(21)12-4-3-5-17-12/h3-5,10-11,13,16-17H,2,6-9H2,1H3,(H,18,20,21). The van der Waals surface area contributed by atoms with Gasteiger partial charge < -0.3 is 10.3 Å². The summed E-state index contributed by atoms with van der Waals surface area (Å²) in [4.78, 5) is 29.0. The minimum absolute atomic E-state index is 0.221. The third kappa shape index (κ3) is 2.87. The lowest BCUT2D eigenvalue weighted by molar-refractivity contribution is -0.121. The Balaban J connectivity index is 1.56. The highest BCUT2D eigenvalue weighted by molar-refractivity contribution is 6.04. The average molecular weight is 290 g/mol. The molecule has 2 fully saturated rings. The molecule has 0 radical (unpaired) electrons. The van der Waals surface area contributed by atoms with Gasteiger partial charge in [-0.25, -0.2) is 0 Å². The third-order valence-corrected chi connectivity index (χ3v) is 4.68. The third-order valence-electron chi connectivity index (χ3n) is 4.68. The number of amides is 2. The Kier molecular flexibility index (Phi) is 4.07. The number of H-pyrrole nitrogens is 1. The molecule has 2 saturated heterocycles. The topological polar surface area (TPSA) is 77.2 Å². The highest BCUT2D eigenvalue weighted by Crippen LogP contribution is 2.33. The molecule has 3 unspecified atom stereocenters. The molecule has 0 aliphatic carbocycles. The van der Waals surface area contributed by atoms with Crippen molar-refractivity contribution in [1.29, 1.82) is 0 Å². The molecule has 21 heavy (non-hydrogen) atoms. The highest BCUT2D eigenvalue weighted by atomic mass is 16.2. The Morgan fingerprint density at radius 1 is 1.43 bits per heavy atom. The van der Waals surface area contributed by atoms with Crippen LogP contribution in [0.5, 0.6) is 0 Å². The van der Waals surface area contributed by atoms with E-state index in [0.717, 1.165) is 26.1 Å². The van der Waals surface area contributed by atoms with E-state index >= 15 is 0 Å². The number of nitrogens with one attached hydrogen (secondary N) is 3. The lowest BCUT2D eigenvalue weighted by Crippen LogP contribution is -2.44. The summed E-state index contributed by atoms with van der Waals surface area (Å²) in [5, 5.41) is 5.88. The second-order valence-electron chi connectivity index (χ2n) is 5.95. The highest BCUT2D eigenvalue weighted by Gasteiger charge is 2.43. The molecular formula is C15H22N4O2. The largest absolute Gasteiger partial charge is 0.357 e. The van der Waals surface area contributed by atoms with E-state index in [1.165, 1.54) is 0 Å². The fourth-order valence-electron chi connectivity index (χ4n) is 3.74. The number of hydrogen-bond acceptors (Lipinski definition) is 4. The van der Waals surface area contributed by atoms with Crippen molar-refractivity contribution in [3.8, 4) is 0 Å². The predicted molar refractivity (Wildman–Crippen MR) is 78.8 cm³/mol. The summed E-state index contributed by atoms with van der Waals surface area (Å²) >= 11 is 0. The van der Waals surface area contributed by atoms with Crippen LogP contribution in [0.3, 0.4) is 0 Å². The molecule has 0 bridgehead atoms. The molecule has 1 aromatic rings. The first-order chi connectivity index (χ1) is 10.2. The predicted octanol–water partition coefficient (Wildman–Crippen LogP) is 0.201. The molecule has 0 spiro atoms. The van der Waals surface area contributed by atoms with Crippen molar-refractivity contribution in [3.05, 3.63) is 24.0 Å². The van der Waals surface area contributed by atoms with Gasteiger partial charge in [0.05, 0.1) is 6.54 Å².